The highest BCUT2D eigenvalue weighted by molar-refractivity contribution is 7.89. The van der Waals surface area contributed by atoms with Crippen molar-refractivity contribution in [1.82, 2.24) is 14.2 Å². The van der Waals surface area contributed by atoms with Crippen LogP contribution in [0.2, 0.25) is 0 Å². The molecule has 0 spiro atoms. The van der Waals surface area contributed by atoms with E-state index in [1.165, 1.54) is 16.4 Å². The summed E-state index contributed by atoms with van der Waals surface area (Å²) in [7, 11) is -3.73. The molecule has 160 valence electrons. The van der Waals surface area contributed by atoms with Crippen LogP contribution >= 0.6 is 0 Å². The zero-order chi connectivity index (χ0) is 21.7. The number of nitrogens with zero attached hydrogens (tertiary/aromatic N) is 3. The summed E-state index contributed by atoms with van der Waals surface area (Å²) in [6, 6.07) is 8.25. The van der Waals surface area contributed by atoms with Crippen molar-refractivity contribution >= 4 is 27.7 Å². The first-order valence-electron chi connectivity index (χ1n) is 9.52. The summed E-state index contributed by atoms with van der Waals surface area (Å²) in [6.07, 6.45) is 1.62. The molecule has 1 aromatic heterocycles. The maximum absolute atomic E-state index is 13.0. The summed E-state index contributed by atoms with van der Waals surface area (Å²) in [5.74, 6) is -0.550. The standard InChI is InChI=1S/C20H23FN4O4S/c1-15-3-2-10-22-20(15)23-18(26)8-9-19(27)24-11-13-25(14-12-24)30(28,29)17-6-4-16(21)5-7-17/h2-7,10H,8-9,11-14H2,1H3,(H,22,23,26). The number of hydrogen-bond acceptors (Lipinski definition) is 5. The van der Waals surface area contributed by atoms with Crippen molar-refractivity contribution in [3.63, 3.8) is 0 Å². The van der Waals surface area contributed by atoms with Gasteiger partial charge in [-0.05, 0) is 42.8 Å². The van der Waals surface area contributed by atoms with Crippen LogP contribution in [0.5, 0.6) is 0 Å². The summed E-state index contributed by atoms with van der Waals surface area (Å²) in [5.41, 5.74) is 0.829. The van der Waals surface area contributed by atoms with Crippen molar-refractivity contribution in [2.75, 3.05) is 31.5 Å². The number of halogens is 1. The van der Waals surface area contributed by atoms with Gasteiger partial charge in [0.25, 0.3) is 0 Å². The highest BCUT2D eigenvalue weighted by Crippen LogP contribution is 2.18. The van der Waals surface area contributed by atoms with E-state index in [0.717, 1.165) is 17.7 Å². The van der Waals surface area contributed by atoms with E-state index in [9.17, 15) is 22.4 Å². The molecule has 3 rings (SSSR count). The van der Waals surface area contributed by atoms with Gasteiger partial charge in [-0.25, -0.2) is 17.8 Å². The Hall–Kier alpha value is -2.85. The third kappa shape index (κ3) is 5.19. The molecule has 0 aliphatic carbocycles. The van der Waals surface area contributed by atoms with Crippen LogP contribution in [0.25, 0.3) is 0 Å². The second kappa shape index (κ2) is 9.31. The Balaban J connectivity index is 1.48. The zero-order valence-corrected chi connectivity index (χ0v) is 17.4. The van der Waals surface area contributed by atoms with E-state index in [1.807, 2.05) is 13.0 Å². The minimum Gasteiger partial charge on any atom is -0.340 e. The van der Waals surface area contributed by atoms with Crippen LogP contribution in [0.4, 0.5) is 10.2 Å². The molecule has 1 saturated heterocycles. The molecule has 2 heterocycles. The molecule has 1 N–H and O–H groups in total. The molecule has 0 bridgehead atoms. The predicted molar refractivity (Wildman–Crippen MR) is 109 cm³/mol. The highest BCUT2D eigenvalue weighted by Gasteiger charge is 2.30. The molecule has 0 radical (unpaired) electrons. The maximum Gasteiger partial charge on any atom is 0.243 e. The largest absolute Gasteiger partial charge is 0.340 e. The first-order valence-corrected chi connectivity index (χ1v) is 11.0. The maximum atomic E-state index is 13.0. The van der Waals surface area contributed by atoms with Gasteiger partial charge in [-0.2, -0.15) is 4.31 Å². The quantitative estimate of drug-likeness (QED) is 0.747. The number of nitrogens with one attached hydrogen (secondary N) is 1. The van der Waals surface area contributed by atoms with Gasteiger partial charge in [-0.15, -0.1) is 0 Å². The molecule has 1 aliphatic heterocycles. The molecule has 2 aromatic rings. The van der Waals surface area contributed by atoms with Crippen LogP contribution in [-0.2, 0) is 19.6 Å². The summed E-state index contributed by atoms with van der Waals surface area (Å²) >= 11 is 0. The van der Waals surface area contributed by atoms with Crippen molar-refractivity contribution < 1.29 is 22.4 Å². The van der Waals surface area contributed by atoms with E-state index < -0.39 is 15.8 Å². The number of rotatable bonds is 6. The smallest absolute Gasteiger partial charge is 0.243 e. The Bertz CT molecular complexity index is 1020. The Labute approximate surface area is 174 Å². The minimum atomic E-state index is -3.73. The molecule has 10 heteroatoms. The average molecular weight is 434 g/mol. The molecule has 2 amide bonds. The Morgan fingerprint density at radius 3 is 2.37 bits per heavy atom. The number of benzene rings is 1. The zero-order valence-electron chi connectivity index (χ0n) is 16.5. The van der Waals surface area contributed by atoms with Gasteiger partial charge in [0.2, 0.25) is 21.8 Å². The monoisotopic (exact) mass is 434 g/mol. The molecule has 1 aromatic carbocycles. The molecule has 0 unspecified atom stereocenters. The molecule has 0 atom stereocenters. The van der Waals surface area contributed by atoms with Gasteiger partial charge in [0, 0.05) is 45.2 Å². The SMILES string of the molecule is Cc1cccnc1NC(=O)CCC(=O)N1CCN(S(=O)(=O)c2ccc(F)cc2)CC1. The van der Waals surface area contributed by atoms with Crippen molar-refractivity contribution in [3.8, 4) is 0 Å². The van der Waals surface area contributed by atoms with Gasteiger partial charge in [0.15, 0.2) is 0 Å². The molecule has 1 aliphatic rings. The Morgan fingerprint density at radius 1 is 1.07 bits per heavy atom. The van der Waals surface area contributed by atoms with Gasteiger partial charge in [-0.3, -0.25) is 9.59 Å². The Kier molecular flexibility index (Phi) is 6.78. The second-order valence-corrected chi connectivity index (χ2v) is 8.89. The number of piperazine rings is 1. The van der Waals surface area contributed by atoms with Crippen molar-refractivity contribution in [1.29, 1.82) is 0 Å². The lowest BCUT2D eigenvalue weighted by atomic mass is 10.2. The van der Waals surface area contributed by atoms with Crippen LogP contribution in [0, 0.1) is 12.7 Å². The third-order valence-electron chi connectivity index (χ3n) is 4.88. The topological polar surface area (TPSA) is 99.7 Å². The number of anilines is 1. The van der Waals surface area contributed by atoms with Gasteiger partial charge in [-0.1, -0.05) is 6.07 Å². The van der Waals surface area contributed by atoms with E-state index in [2.05, 4.69) is 10.3 Å². The fourth-order valence-electron chi connectivity index (χ4n) is 3.12. The number of carbonyl (C=O) groups is 2. The predicted octanol–water partition coefficient (Wildman–Crippen LogP) is 1.78. The van der Waals surface area contributed by atoms with E-state index in [1.54, 1.807) is 17.2 Å². The number of amides is 2. The van der Waals surface area contributed by atoms with E-state index in [-0.39, 0.29) is 55.7 Å². The van der Waals surface area contributed by atoms with Crippen LogP contribution in [0.15, 0.2) is 47.5 Å². The average Bonchev–Trinajstić information content (AvgIpc) is 2.74. The summed E-state index contributed by atoms with van der Waals surface area (Å²) < 4.78 is 39.6. The highest BCUT2D eigenvalue weighted by atomic mass is 32.2. The van der Waals surface area contributed by atoms with Crippen LogP contribution in [0.1, 0.15) is 18.4 Å². The molecule has 30 heavy (non-hydrogen) atoms. The van der Waals surface area contributed by atoms with Gasteiger partial charge in [0.05, 0.1) is 4.90 Å². The van der Waals surface area contributed by atoms with E-state index in [4.69, 9.17) is 0 Å². The lowest BCUT2D eigenvalue weighted by molar-refractivity contribution is -0.133. The first-order chi connectivity index (χ1) is 14.3. The minimum absolute atomic E-state index is 0.0168. The van der Waals surface area contributed by atoms with E-state index >= 15 is 0 Å². The summed E-state index contributed by atoms with van der Waals surface area (Å²) in [5, 5.41) is 2.68. The lowest BCUT2D eigenvalue weighted by Crippen LogP contribution is -2.50. The van der Waals surface area contributed by atoms with Crippen molar-refractivity contribution in [2.24, 2.45) is 0 Å². The summed E-state index contributed by atoms with van der Waals surface area (Å²) in [4.78, 5) is 30.1. The van der Waals surface area contributed by atoms with Crippen molar-refractivity contribution in [2.45, 2.75) is 24.7 Å². The molecule has 1 fully saturated rings. The van der Waals surface area contributed by atoms with Crippen LogP contribution in [-0.4, -0.2) is 60.6 Å². The number of aryl methyl sites for hydroxylation is 1. The normalized spacial score (nSPS) is 15.1. The Morgan fingerprint density at radius 2 is 1.73 bits per heavy atom. The fraction of sp³-hybridized carbons (Fsp3) is 0.350. The third-order valence-corrected chi connectivity index (χ3v) is 6.79. The molecular formula is C20H23FN4O4S. The number of sulfonamides is 1. The number of hydrogen-bond donors (Lipinski definition) is 1. The van der Waals surface area contributed by atoms with Gasteiger partial charge in [0.1, 0.15) is 11.6 Å². The summed E-state index contributed by atoms with van der Waals surface area (Å²) in [6.45, 7) is 2.59. The van der Waals surface area contributed by atoms with Gasteiger partial charge < -0.3 is 10.2 Å². The van der Waals surface area contributed by atoms with E-state index in [0.29, 0.717) is 5.82 Å². The number of carbonyl (C=O) groups excluding carboxylic acids is 2. The van der Waals surface area contributed by atoms with Crippen LogP contribution in [0.3, 0.4) is 0 Å². The first kappa shape index (κ1) is 21.8. The molecular weight excluding hydrogens is 411 g/mol. The lowest BCUT2D eigenvalue weighted by Gasteiger charge is -2.34. The van der Waals surface area contributed by atoms with Gasteiger partial charge >= 0.3 is 0 Å². The van der Waals surface area contributed by atoms with Crippen molar-refractivity contribution in [3.05, 3.63) is 54.0 Å². The second-order valence-electron chi connectivity index (χ2n) is 6.96. The number of aromatic nitrogens is 1. The molecule has 0 saturated carbocycles. The fourth-order valence-corrected chi connectivity index (χ4v) is 4.55. The number of pyridine rings is 1. The van der Waals surface area contributed by atoms with Crippen LogP contribution < -0.4 is 5.32 Å². The molecule has 8 nitrogen and oxygen atoms in total.